The number of hydrogen-bond donors (Lipinski definition) is 2. The lowest BCUT2D eigenvalue weighted by molar-refractivity contribution is -0.122. The van der Waals surface area contributed by atoms with E-state index in [2.05, 4.69) is 5.32 Å². The molecule has 0 saturated carbocycles. The van der Waals surface area contributed by atoms with Crippen LogP contribution in [0.1, 0.15) is 37.5 Å². The maximum Gasteiger partial charge on any atom is 0.220 e. The fourth-order valence-electron chi connectivity index (χ4n) is 2.20. The highest BCUT2D eigenvalue weighted by Gasteiger charge is 2.25. The van der Waals surface area contributed by atoms with Gasteiger partial charge in [-0.05, 0) is 37.6 Å². The normalized spacial score (nSPS) is 22.1. The maximum atomic E-state index is 11.7. The second-order valence-electron chi connectivity index (χ2n) is 5.20. The second kappa shape index (κ2) is 6.50. The molecule has 2 N–H and O–H groups in total. The average molecular weight is 283 g/mol. The number of carbonyl (C=O) groups is 1. The standard InChI is InChI=1S/C14H21NO3S/c1-14(17,12-5-3-9-19-12)10-15-13(16)7-6-11-4-2-8-18-11/h3,5,9,11,17H,2,4,6-8,10H2,1H3,(H,15,16). The smallest absolute Gasteiger partial charge is 0.220 e. The maximum absolute atomic E-state index is 11.7. The molecular weight excluding hydrogens is 262 g/mol. The van der Waals surface area contributed by atoms with Crippen molar-refractivity contribution in [2.45, 2.75) is 44.3 Å². The van der Waals surface area contributed by atoms with Crippen LogP contribution in [0.3, 0.4) is 0 Å². The highest BCUT2D eigenvalue weighted by Crippen LogP contribution is 2.24. The monoisotopic (exact) mass is 283 g/mol. The molecule has 0 bridgehead atoms. The van der Waals surface area contributed by atoms with Crippen LogP contribution in [0.25, 0.3) is 0 Å². The van der Waals surface area contributed by atoms with E-state index in [-0.39, 0.29) is 18.6 Å². The van der Waals surface area contributed by atoms with Gasteiger partial charge in [-0.1, -0.05) is 6.07 Å². The molecule has 106 valence electrons. The molecule has 1 aliphatic rings. The van der Waals surface area contributed by atoms with E-state index >= 15 is 0 Å². The second-order valence-corrected chi connectivity index (χ2v) is 6.15. The first-order valence-electron chi connectivity index (χ1n) is 6.72. The van der Waals surface area contributed by atoms with Gasteiger partial charge in [0.2, 0.25) is 5.91 Å². The molecule has 2 unspecified atom stereocenters. The Morgan fingerprint density at radius 3 is 3.16 bits per heavy atom. The molecule has 0 radical (unpaired) electrons. The molecule has 2 rings (SSSR count). The van der Waals surface area contributed by atoms with Gasteiger partial charge in [-0.25, -0.2) is 0 Å². The molecule has 2 heterocycles. The molecule has 1 fully saturated rings. The quantitative estimate of drug-likeness (QED) is 0.840. The number of ether oxygens (including phenoxy) is 1. The van der Waals surface area contributed by atoms with Crippen LogP contribution in [0, 0.1) is 0 Å². The van der Waals surface area contributed by atoms with E-state index in [1.165, 1.54) is 11.3 Å². The molecule has 4 nitrogen and oxygen atoms in total. The van der Waals surface area contributed by atoms with Crippen LogP contribution in [0.4, 0.5) is 0 Å². The first kappa shape index (κ1) is 14.5. The summed E-state index contributed by atoms with van der Waals surface area (Å²) < 4.78 is 5.48. The zero-order valence-corrected chi connectivity index (χ0v) is 12.0. The van der Waals surface area contributed by atoms with Crippen molar-refractivity contribution in [1.82, 2.24) is 5.32 Å². The Bertz CT molecular complexity index is 397. The largest absolute Gasteiger partial charge is 0.383 e. The Labute approximate surface area is 117 Å². The molecular formula is C14H21NO3S. The Balaban J connectivity index is 1.70. The van der Waals surface area contributed by atoms with Crippen LogP contribution in [0.5, 0.6) is 0 Å². The summed E-state index contributed by atoms with van der Waals surface area (Å²) in [5, 5.41) is 15.0. The lowest BCUT2D eigenvalue weighted by Gasteiger charge is -2.22. The third-order valence-corrected chi connectivity index (χ3v) is 4.52. The van der Waals surface area contributed by atoms with Gasteiger partial charge in [0.1, 0.15) is 5.60 Å². The number of nitrogens with one attached hydrogen (secondary N) is 1. The summed E-state index contributed by atoms with van der Waals surface area (Å²) in [4.78, 5) is 12.6. The summed E-state index contributed by atoms with van der Waals surface area (Å²) >= 11 is 1.49. The van der Waals surface area contributed by atoms with Crippen LogP contribution in [0.2, 0.25) is 0 Å². The van der Waals surface area contributed by atoms with Gasteiger partial charge in [0.25, 0.3) is 0 Å². The molecule has 0 spiro atoms. The van der Waals surface area contributed by atoms with Gasteiger partial charge in [0.15, 0.2) is 0 Å². The summed E-state index contributed by atoms with van der Waals surface area (Å²) in [6, 6.07) is 3.77. The Morgan fingerprint density at radius 2 is 2.53 bits per heavy atom. The lowest BCUT2D eigenvalue weighted by Crippen LogP contribution is -2.38. The minimum atomic E-state index is -0.992. The number of hydrogen-bond acceptors (Lipinski definition) is 4. The van der Waals surface area contributed by atoms with E-state index in [1.54, 1.807) is 6.92 Å². The summed E-state index contributed by atoms with van der Waals surface area (Å²) in [6.07, 6.45) is 3.63. The zero-order valence-electron chi connectivity index (χ0n) is 11.2. The van der Waals surface area contributed by atoms with Gasteiger partial charge in [-0.3, -0.25) is 4.79 Å². The van der Waals surface area contributed by atoms with Crippen LogP contribution in [0.15, 0.2) is 17.5 Å². The first-order valence-corrected chi connectivity index (χ1v) is 7.60. The van der Waals surface area contributed by atoms with Gasteiger partial charge in [-0.15, -0.1) is 11.3 Å². The molecule has 1 saturated heterocycles. The Morgan fingerprint density at radius 1 is 1.68 bits per heavy atom. The Kier molecular flexibility index (Phi) is 4.96. The Hall–Kier alpha value is -0.910. The number of carbonyl (C=O) groups excluding carboxylic acids is 1. The van der Waals surface area contributed by atoms with E-state index in [0.717, 1.165) is 30.7 Å². The number of thiophene rings is 1. The minimum Gasteiger partial charge on any atom is -0.383 e. The van der Waals surface area contributed by atoms with Crippen molar-refractivity contribution >= 4 is 17.2 Å². The SMILES string of the molecule is CC(O)(CNC(=O)CCC1CCCO1)c1cccs1. The van der Waals surface area contributed by atoms with E-state index in [4.69, 9.17) is 4.74 Å². The number of rotatable bonds is 6. The van der Waals surface area contributed by atoms with E-state index in [9.17, 15) is 9.90 Å². The summed E-state index contributed by atoms with van der Waals surface area (Å²) in [5.41, 5.74) is -0.992. The fraction of sp³-hybridized carbons (Fsp3) is 0.643. The zero-order chi connectivity index (χ0) is 13.7. The average Bonchev–Trinajstić information content (AvgIpc) is 3.06. The minimum absolute atomic E-state index is 0.0210. The van der Waals surface area contributed by atoms with E-state index in [1.807, 2.05) is 17.5 Å². The van der Waals surface area contributed by atoms with Crippen molar-refractivity contribution in [2.24, 2.45) is 0 Å². The molecule has 2 atom stereocenters. The third-order valence-electron chi connectivity index (χ3n) is 3.40. The number of aliphatic hydroxyl groups is 1. The first-order chi connectivity index (χ1) is 9.08. The van der Waals surface area contributed by atoms with Gasteiger partial charge in [0, 0.05) is 17.9 Å². The summed E-state index contributed by atoms with van der Waals surface area (Å²) in [5.74, 6) is -0.0210. The molecule has 1 aliphatic heterocycles. The third kappa shape index (κ3) is 4.30. The van der Waals surface area contributed by atoms with Crippen molar-refractivity contribution in [3.05, 3.63) is 22.4 Å². The van der Waals surface area contributed by atoms with Crippen molar-refractivity contribution in [3.8, 4) is 0 Å². The number of amides is 1. The van der Waals surface area contributed by atoms with Gasteiger partial charge < -0.3 is 15.2 Å². The predicted octanol–water partition coefficient (Wildman–Crippen LogP) is 2.03. The van der Waals surface area contributed by atoms with Gasteiger partial charge in [-0.2, -0.15) is 0 Å². The van der Waals surface area contributed by atoms with Gasteiger partial charge in [0.05, 0.1) is 12.6 Å². The highest BCUT2D eigenvalue weighted by molar-refractivity contribution is 7.10. The summed E-state index contributed by atoms with van der Waals surface area (Å²) in [7, 11) is 0. The van der Waals surface area contributed by atoms with Crippen molar-refractivity contribution in [1.29, 1.82) is 0 Å². The summed E-state index contributed by atoms with van der Waals surface area (Å²) in [6.45, 7) is 2.79. The molecule has 19 heavy (non-hydrogen) atoms. The van der Waals surface area contributed by atoms with Gasteiger partial charge >= 0.3 is 0 Å². The molecule has 1 aromatic heterocycles. The molecule has 0 aromatic carbocycles. The van der Waals surface area contributed by atoms with Crippen LogP contribution in [-0.2, 0) is 15.1 Å². The highest BCUT2D eigenvalue weighted by atomic mass is 32.1. The van der Waals surface area contributed by atoms with Crippen molar-refractivity contribution < 1.29 is 14.6 Å². The fourth-order valence-corrected chi connectivity index (χ4v) is 2.98. The van der Waals surface area contributed by atoms with Crippen LogP contribution in [-0.4, -0.2) is 30.3 Å². The molecule has 0 aliphatic carbocycles. The van der Waals surface area contributed by atoms with Crippen LogP contribution >= 0.6 is 11.3 Å². The van der Waals surface area contributed by atoms with E-state index in [0.29, 0.717) is 6.42 Å². The molecule has 5 heteroatoms. The van der Waals surface area contributed by atoms with Crippen molar-refractivity contribution in [3.63, 3.8) is 0 Å². The molecule has 1 aromatic rings. The van der Waals surface area contributed by atoms with Crippen LogP contribution < -0.4 is 5.32 Å². The molecule has 1 amide bonds. The topological polar surface area (TPSA) is 58.6 Å². The lowest BCUT2D eigenvalue weighted by atomic mass is 10.0. The van der Waals surface area contributed by atoms with E-state index < -0.39 is 5.60 Å². The van der Waals surface area contributed by atoms with Crippen molar-refractivity contribution in [2.75, 3.05) is 13.2 Å². The predicted molar refractivity (Wildman–Crippen MR) is 75.1 cm³/mol.